The fraction of sp³-hybridized carbons (Fsp3) is 0.400. The lowest BCUT2D eigenvalue weighted by Crippen LogP contribution is -1.94. The van der Waals surface area contributed by atoms with Crippen molar-refractivity contribution in [1.29, 1.82) is 0 Å². The SMILES string of the molecule is NC/C=C/CC(=O)O. The number of aliphatic carboxylic acids is 1. The van der Waals surface area contributed by atoms with Gasteiger partial charge >= 0.3 is 5.97 Å². The van der Waals surface area contributed by atoms with E-state index in [0.717, 1.165) is 0 Å². The molecule has 3 N–H and O–H groups in total. The number of carboxylic acids is 1. The molecule has 46 valence electrons. The lowest BCUT2D eigenvalue weighted by molar-refractivity contribution is -0.136. The molecule has 0 saturated carbocycles. The van der Waals surface area contributed by atoms with Gasteiger partial charge in [0, 0.05) is 6.54 Å². The predicted octanol–water partition coefficient (Wildman–Crippen LogP) is -0.0240. The van der Waals surface area contributed by atoms with Crippen LogP contribution in [0.5, 0.6) is 0 Å². The molecule has 0 atom stereocenters. The van der Waals surface area contributed by atoms with Crippen molar-refractivity contribution in [2.24, 2.45) is 5.73 Å². The summed E-state index contributed by atoms with van der Waals surface area (Å²) in [5.41, 5.74) is 5.03. The molecular formula is C5H9NO2. The molecule has 0 unspecified atom stereocenters. The highest BCUT2D eigenvalue weighted by Gasteiger charge is 1.86. The zero-order valence-corrected chi connectivity index (χ0v) is 4.50. The van der Waals surface area contributed by atoms with Crippen molar-refractivity contribution in [3.8, 4) is 0 Å². The molecule has 0 saturated heterocycles. The van der Waals surface area contributed by atoms with Crippen LogP contribution >= 0.6 is 0 Å². The maximum absolute atomic E-state index is 9.78. The molecule has 3 nitrogen and oxygen atoms in total. The largest absolute Gasteiger partial charge is 0.481 e. The van der Waals surface area contributed by atoms with E-state index in [1.807, 2.05) is 0 Å². The van der Waals surface area contributed by atoms with Crippen LogP contribution in [0.4, 0.5) is 0 Å². The Morgan fingerprint density at radius 1 is 1.62 bits per heavy atom. The van der Waals surface area contributed by atoms with Crippen molar-refractivity contribution in [3.05, 3.63) is 12.2 Å². The van der Waals surface area contributed by atoms with Gasteiger partial charge in [-0.25, -0.2) is 0 Å². The normalized spacial score (nSPS) is 10.1. The number of carboxylic acid groups (broad SMARTS) is 1. The predicted molar refractivity (Wildman–Crippen MR) is 30.4 cm³/mol. The summed E-state index contributed by atoms with van der Waals surface area (Å²) in [6.07, 6.45) is 3.22. The second-order valence-corrected chi connectivity index (χ2v) is 1.30. The Balaban J connectivity index is 3.16. The average molecular weight is 115 g/mol. The maximum atomic E-state index is 9.78. The van der Waals surface area contributed by atoms with Crippen LogP contribution < -0.4 is 5.73 Å². The summed E-state index contributed by atoms with van der Waals surface area (Å²) in [5.74, 6) is -0.824. The van der Waals surface area contributed by atoms with Crippen LogP contribution in [0.1, 0.15) is 6.42 Å². The van der Waals surface area contributed by atoms with E-state index in [1.54, 1.807) is 6.08 Å². The van der Waals surface area contributed by atoms with Gasteiger partial charge in [0.1, 0.15) is 0 Å². The van der Waals surface area contributed by atoms with Gasteiger partial charge in [-0.3, -0.25) is 4.79 Å². The Labute approximate surface area is 47.8 Å². The summed E-state index contributed by atoms with van der Waals surface area (Å²) in [4.78, 5) is 9.78. The Hall–Kier alpha value is -0.830. The molecule has 0 aliphatic rings. The van der Waals surface area contributed by atoms with E-state index >= 15 is 0 Å². The highest BCUT2D eigenvalue weighted by Crippen LogP contribution is 1.79. The van der Waals surface area contributed by atoms with Crippen LogP contribution in [-0.2, 0) is 4.79 Å². The first kappa shape index (κ1) is 7.17. The van der Waals surface area contributed by atoms with Crippen LogP contribution in [0.2, 0.25) is 0 Å². The molecule has 0 amide bonds. The summed E-state index contributed by atoms with van der Waals surface area (Å²) in [6, 6.07) is 0. The van der Waals surface area contributed by atoms with E-state index < -0.39 is 5.97 Å². The Bertz CT molecular complexity index is 98.6. The number of carbonyl (C=O) groups is 1. The third-order valence-corrected chi connectivity index (χ3v) is 0.595. The molecule has 0 aromatic rings. The number of rotatable bonds is 3. The minimum atomic E-state index is -0.824. The lowest BCUT2D eigenvalue weighted by Gasteiger charge is -1.80. The first-order valence-corrected chi connectivity index (χ1v) is 2.34. The number of nitrogens with two attached hydrogens (primary N) is 1. The summed E-state index contributed by atoms with van der Waals surface area (Å²) >= 11 is 0. The van der Waals surface area contributed by atoms with Crippen LogP contribution in [0.3, 0.4) is 0 Å². The van der Waals surface area contributed by atoms with Crippen LogP contribution in [-0.4, -0.2) is 17.6 Å². The van der Waals surface area contributed by atoms with Gasteiger partial charge in [0.05, 0.1) is 6.42 Å². The highest BCUT2D eigenvalue weighted by molar-refractivity contribution is 5.68. The van der Waals surface area contributed by atoms with Crippen molar-refractivity contribution in [2.75, 3.05) is 6.54 Å². The standard InChI is InChI=1S/C5H9NO2/c6-4-2-1-3-5(7)8/h1-2H,3-4,6H2,(H,7,8)/b2-1+. The van der Waals surface area contributed by atoms with E-state index in [1.165, 1.54) is 6.08 Å². The van der Waals surface area contributed by atoms with Gasteiger partial charge in [0.25, 0.3) is 0 Å². The zero-order valence-electron chi connectivity index (χ0n) is 4.50. The maximum Gasteiger partial charge on any atom is 0.307 e. The Kier molecular flexibility index (Phi) is 3.88. The third kappa shape index (κ3) is 5.17. The second kappa shape index (κ2) is 4.33. The quantitative estimate of drug-likeness (QED) is 0.508. The first-order chi connectivity index (χ1) is 3.77. The van der Waals surface area contributed by atoms with Gasteiger partial charge in [0.15, 0.2) is 0 Å². The van der Waals surface area contributed by atoms with Crippen LogP contribution in [0, 0.1) is 0 Å². The fourth-order valence-electron chi connectivity index (χ4n) is 0.280. The summed E-state index contributed by atoms with van der Waals surface area (Å²) < 4.78 is 0. The van der Waals surface area contributed by atoms with Crippen LogP contribution in [0.25, 0.3) is 0 Å². The van der Waals surface area contributed by atoms with E-state index in [2.05, 4.69) is 0 Å². The molecule has 0 rings (SSSR count). The molecule has 0 radical (unpaired) electrons. The lowest BCUT2D eigenvalue weighted by atomic mass is 10.4. The van der Waals surface area contributed by atoms with Crippen molar-refractivity contribution < 1.29 is 9.90 Å². The highest BCUT2D eigenvalue weighted by atomic mass is 16.4. The summed E-state index contributed by atoms with van der Waals surface area (Å²) in [7, 11) is 0. The monoisotopic (exact) mass is 115 g/mol. The number of hydrogen-bond acceptors (Lipinski definition) is 2. The van der Waals surface area contributed by atoms with Gasteiger partial charge in [-0.15, -0.1) is 0 Å². The van der Waals surface area contributed by atoms with Crippen molar-refractivity contribution in [1.82, 2.24) is 0 Å². The molecule has 3 heteroatoms. The molecule has 0 fully saturated rings. The molecule has 0 bridgehead atoms. The van der Waals surface area contributed by atoms with E-state index in [4.69, 9.17) is 10.8 Å². The summed E-state index contributed by atoms with van der Waals surface area (Å²) in [5, 5.41) is 8.05. The van der Waals surface area contributed by atoms with Crippen molar-refractivity contribution >= 4 is 5.97 Å². The van der Waals surface area contributed by atoms with Gasteiger partial charge in [-0.1, -0.05) is 12.2 Å². The average Bonchev–Trinajstić information content (AvgIpc) is 1.66. The van der Waals surface area contributed by atoms with Gasteiger partial charge in [-0.05, 0) is 0 Å². The molecule has 0 heterocycles. The third-order valence-electron chi connectivity index (χ3n) is 0.595. The smallest absolute Gasteiger partial charge is 0.307 e. The molecular weight excluding hydrogens is 106 g/mol. The Morgan fingerprint density at radius 3 is 2.62 bits per heavy atom. The van der Waals surface area contributed by atoms with Gasteiger partial charge < -0.3 is 10.8 Å². The molecule has 0 aliphatic carbocycles. The topological polar surface area (TPSA) is 63.3 Å². The van der Waals surface area contributed by atoms with E-state index in [9.17, 15) is 4.79 Å². The molecule has 0 aliphatic heterocycles. The Morgan fingerprint density at radius 2 is 2.25 bits per heavy atom. The minimum absolute atomic E-state index is 0.0667. The zero-order chi connectivity index (χ0) is 6.41. The van der Waals surface area contributed by atoms with Gasteiger partial charge in [-0.2, -0.15) is 0 Å². The molecule has 8 heavy (non-hydrogen) atoms. The minimum Gasteiger partial charge on any atom is -0.481 e. The van der Waals surface area contributed by atoms with Crippen molar-refractivity contribution in [3.63, 3.8) is 0 Å². The first-order valence-electron chi connectivity index (χ1n) is 2.34. The van der Waals surface area contributed by atoms with Gasteiger partial charge in [0.2, 0.25) is 0 Å². The molecule has 0 aromatic heterocycles. The van der Waals surface area contributed by atoms with E-state index in [0.29, 0.717) is 6.54 Å². The number of hydrogen-bond donors (Lipinski definition) is 2. The van der Waals surface area contributed by atoms with E-state index in [-0.39, 0.29) is 6.42 Å². The fourth-order valence-corrected chi connectivity index (χ4v) is 0.280. The van der Waals surface area contributed by atoms with Crippen molar-refractivity contribution in [2.45, 2.75) is 6.42 Å². The van der Waals surface area contributed by atoms with Crippen LogP contribution in [0.15, 0.2) is 12.2 Å². The molecule has 0 spiro atoms. The summed E-state index contributed by atoms with van der Waals surface area (Å²) in [6.45, 7) is 0.410. The second-order valence-electron chi connectivity index (χ2n) is 1.30. The molecule has 0 aromatic carbocycles.